The van der Waals surface area contributed by atoms with Crippen LogP contribution in [0.25, 0.3) is 0 Å². The first-order valence-electron chi connectivity index (χ1n) is 4.38. The largest absolute Gasteiger partial charge is 0.452 e. The molecule has 0 spiro atoms. The Bertz CT molecular complexity index is 233. The van der Waals surface area contributed by atoms with Gasteiger partial charge in [-0.05, 0) is 0 Å². The fraction of sp³-hybridized carbons (Fsp3) is 0.556. The molecule has 0 aromatic rings. The molecule has 5 heteroatoms. The van der Waals surface area contributed by atoms with Crippen LogP contribution in [0.5, 0.6) is 0 Å². The number of rotatable bonds is 3. The zero-order valence-electron chi connectivity index (χ0n) is 7.90. The summed E-state index contributed by atoms with van der Waals surface area (Å²) in [5, 5.41) is 0. The maximum Gasteiger partial charge on any atom is 0.330 e. The van der Waals surface area contributed by atoms with Gasteiger partial charge in [-0.2, -0.15) is 0 Å². The Kier molecular flexibility index (Phi) is 4.12. The minimum Gasteiger partial charge on any atom is -0.452 e. The number of amides is 1. The molecule has 0 radical (unpaired) electrons. The highest BCUT2D eigenvalue weighted by Crippen LogP contribution is 1.97. The maximum atomic E-state index is 11.4. The molecule has 0 aliphatic carbocycles. The van der Waals surface area contributed by atoms with Crippen molar-refractivity contribution in [3.05, 3.63) is 12.7 Å². The monoisotopic (exact) mass is 199 g/mol. The third-order valence-electron chi connectivity index (χ3n) is 1.87. The second-order valence-corrected chi connectivity index (χ2v) is 2.80. The van der Waals surface area contributed by atoms with E-state index in [4.69, 9.17) is 4.74 Å². The van der Waals surface area contributed by atoms with Crippen molar-refractivity contribution in [2.45, 2.75) is 0 Å². The van der Waals surface area contributed by atoms with Gasteiger partial charge in [0.05, 0.1) is 13.2 Å². The Balaban J connectivity index is 2.26. The van der Waals surface area contributed by atoms with Crippen LogP contribution in [0.2, 0.25) is 0 Å². The molecule has 0 atom stereocenters. The summed E-state index contributed by atoms with van der Waals surface area (Å²) in [6.45, 7) is 5.22. The molecule has 1 aliphatic rings. The van der Waals surface area contributed by atoms with E-state index in [-0.39, 0.29) is 12.5 Å². The quantitative estimate of drug-likeness (QED) is 0.457. The van der Waals surface area contributed by atoms with E-state index >= 15 is 0 Å². The van der Waals surface area contributed by atoms with Gasteiger partial charge in [-0.3, -0.25) is 4.79 Å². The molecule has 1 amide bonds. The molecule has 0 unspecified atom stereocenters. The van der Waals surface area contributed by atoms with E-state index in [9.17, 15) is 9.59 Å². The molecule has 0 aromatic heterocycles. The second kappa shape index (κ2) is 5.39. The topological polar surface area (TPSA) is 55.8 Å². The molecule has 78 valence electrons. The number of hydrogen-bond acceptors (Lipinski definition) is 4. The highest BCUT2D eigenvalue weighted by Gasteiger charge is 2.17. The molecule has 1 saturated heterocycles. The molecular formula is C9H13NO4. The van der Waals surface area contributed by atoms with E-state index < -0.39 is 5.97 Å². The minimum atomic E-state index is -0.577. The Morgan fingerprint density at radius 2 is 2.07 bits per heavy atom. The van der Waals surface area contributed by atoms with Crippen LogP contribution >= 0.6 is 0 Å². The summed E-state index contributed by atoms with van der Waals surface area (Å²) in [7, 11) is 0. The zero-order chi connectivity index (χ0) is 10.4. The van der Waals surface area contributed by atoms with Crippen molar-refractivity contribution >= 4 is 11.9 Å². The average Bonchev–Trinajstić information content (AvgIpc) is 2.26. The summed E-state index contributed by atoms with van der Waals surface area (Å²) < 4.78 is 9.70. The van der Waals surface area contributed by atoms with Crippen LogP contribution in [-0.4, -0.2) is 49.7 Å². The Labute approximate surface area is 82.3 Å². The third kappa shape index (κ3) is 3.18. The van der Waals surface area contributed by atoms with Gasteiger partial charge in [0.1, 0.15) is 0 Å². The van der Waals surface area contributed by atoms with Crippen molar-refractivity contribution in [2.24, 2.45) is 0 Å². The Morgan fingerprint density at radius 1 is 1.43 bits per heavy atom. The molecule has 0 bridgehead atoms. The average molecular weight is 199 g/mol. The zero-order valence-corrected chi connectivity index (χ0v) is 7.90. The van der Waals surface area contributed by atoms with Gasteiger partial charge in [0.15, 0.2) is 6.61 Å². The van der Waals surface area contributed by atoms with Crippen molar-refractivity contribution in [2.75, 3.05) is 32.9 Å². The first-order chi connectivity index (χ1) is 6.74. The van der Waals surface area contributed by atoms with Gasteiger partial charge in [-0.15, -0.1) is 0 Å². The number of ether oxygens (including phenoxy) is 2. The van der Waals surface area contributed by atoms with Gasteiger partial charge in [-0.25, -0.2) is 4.79 Å². The van der Waals surface area contributed by atoms with Crippen molar-refractivity contribution in [1.29, 1.82) is 0 Å². The van der Waals surface area contributed by atoms with Gasteiger partial charge in [0.2, 0.25) is 0 Å². The summed E-state index contributed by atoms with van der Waals surface area (Å²) in [6, 6.07) is 0. The fourth-order valence-electron chi connectivity index (χ4n) is 1.10. The highest BCUT2D eigenvalue weighted by atomic mass is 16.5. The van der Waals surface area contributed by atoms with Crippen molar-refractivity contribution in [1.82, 2.24) is 4.90 Å². The lowest BCUT2D eigenvalue weighted by Gasteiger charge is -2.26. The number of carbonyl (C=O) groups is 2. The molecule has 5 nitrogen and oxygen atoms in total. The molecule has 1 heterocycles. The van der Waals surface area contributed by atoms with E-state index in [1.807, 2.05) is 0 Å². The van der Waals surface area contributed by atoms with Gasteiger partial charge in [-0.1, -0.05) is 6.58 Å². The Hall–Kier alpha value is -1.36. The fourth-order valence-corrected chi connectivity index (χ4v) is 1.10. The number of esters is 1. The lowest BCUT2D eigenvalue weighted by molar-refractivity contribution is -0.150. The van der Waals surface area contributed by atoms with E-state index in [0.29, 0.717) is 26.3 Å². The highest BCUT2D eigenvalue weighted by molar-refractivity contribution is 5.85. The van der Waals surface area contributed by atoms with E-state index in [2.05, 4.69) is 11.3 Å². The van der Waals surface area contributed by atoms with Crippen LogP contribution < -0.4 is 0 Å². The number of hydrogen-bond donors (Lipinski definition) is 0. The van der Waals surface area contributed by atoms with Crippen molar-refractivity contribution in [3.63, 3.8) is 0 Å². The molecule has 1 aliphatic heterocycles. The lowest BCUT2D eigenvalue weighted by atomic mass is 10.4. The second-order valence-electron chi connectivity index (χ2n) is 2.80. The molecule has 0 aromatic carbocycles. The van der Waals surface area contributed by atoms with E-state index in [1.54, 1.807) is 4.90 Å². The van der Waals surface area contributed by atoms with Crippen LogP contribution in [0.1, 0.15) is 0 Å². The first-order valence-corrected chi connectivity index (χ1v) is 4.38. The first kappa shape index (κ1) is 10.7. The predicted octanol–water partition coefficient (Wildman–Crippen LogP) is -0.426. The molecular weight excluding hydrogens is 186 g/mol. The summed E-state index contributed by atoms with van der Waals surface area (Å²) in [5.41, 5.74) is 0. The predicted molar refractivity (Wildman–Crippen MR) is 48.6 cm³/mol. The number of carbonyl (C=O) groups excluding carboxylic acids is 2. The number of morpholine rings is 1. The van der Waals surface area contributed by atoms with Crippen molar-refractivity contribution < 1.29 is 19.1 Å². The molecule has 0 N–H and O–H groups in total. The van der Waals surface area contributed by atoms with Crippen LogP contribution in [0.4, 0.5) is 0 Å². The van der Waals surface area contributed by atoms with Crippen LogP contribution in [0, 0.1) is 0 Å². The Morgan fingerprint density at radius 3 is 2.64 bits per heavy atom. The molecule has 0 saturated carbocycles. The van der Waals surface area contributed by atoms with Gasteiger partial charge < -0.3 is 14.4 Å². The van der Waals surface area contributed by atoms with Gasteiger partial charge in [0, 0.05) is 19.2 Å². The van der Waals surface area contributed by atoms with Gasteiger partial charge in [0.25, 0.3) is 5.91 Å². The summed E-state index contributed by atoms with van der Waals surface area (Å²) in [4.78, 5) is 23.7. The summed E-state index contributed by atoms with van der Waals surface area (Å²) in [5.74, 6) is -0.768. The molecule has 1 rings (SSSR count). The van der Waals surface area contributed by atoms with Crippen LogP contribution in [-0.2, 0) is 19.1 Å². The molecule has 1 fully saturated rings. The van der Waals surface area contributed by atoms with Crippen LogP contribution in [0.3, 0.4) is 0 Å². The third-order valence-corrected chi connectivity index (χ3v) is 1.87. The van der Waals surface area contributed by atoms with E-state index in [0.717, 1.165) is 6.08 Å². The van der Waals surface area contributed by atoms with Gasteiger partial charge >= 0.3 is 5.97 Å². The standard InChI is InChI=1S/C9H13NO4/c1-2-9(12)14-7-8(11)10-3-5-13-6-4-10/h2H,1,3-7H2. The van der Waals surface area contributed by atoms with Crippen LogP contribution in [0.15, 0.2) is 12.7 Å². The molecule has 14 heavy (non-hydrogen) atoms. The summed E-state index contributed by atoms with van der Waals surface area (Å²) in [6.07, 6.45) is 1.03. The smallest absolute Gasteiger partial charge is 0.330 e. The maximum absolute atomic E-state index is 11.4. The number of nitrogens with zero attached hydrogens (tertiary/aromatic N) is 1. The lowest BCUT2D eigenvalue weighted by Crippen LogP contribution is -2.42. The summed E-state index contributed by atoms with van der Waals surface area (Å²) >= 11 is 0. The minimum absolute atomic E-state index is 0.191. The SMILES string of the molecule is C=CC(=O)OCC(=O)N1CCOCC1. The normalized spacial score (nSPS) is 16.1. The van der Waals surface area contributed by atoms with E-state index in [1.165, 1.54) is 0 Å². The van der Waals surface area contributed by atoms with Crippen molar-refractivity contribution in [3.8, 4) is 0 Å².